The van der Waals surface area contributed by atoms with Crippen molar-refractivity contribution in [3.63, 3.8) is 0 Å². The maximum Gasteiger partial charge on any atom is 0.340 e. The summed E-state index contributed by atoms with van der Waals surface area (Å²) in [5.74, 6) is -1.27. The van der Waals surface area contributed by atoms with Gasteiger partial charge in [-0.25, -0.2) is 13.2 Å². The molecule has 156 valence electrons. The molecule has 0 aliphatic heterocycles. The smallest absolute Gasteiger partial charge is 0.340 e. The molecule has 7 nitrogen and oxygen atoms in total. The van der Waals surface area contributed by atoms with Crippen molar-refractivity contribution < 1.29 is 22.7 Å². The van der Waals surface area contributed by atoms with Crippen molar-refractivity contribution in [1.82, 2.24) is 5.32 Å². The van der Waals surface area contributed by atoms with E-state index < -0.39 is 28.5 Å². The zero-order chi connectivity index (χ0) is 21.6. The van der Waals surface area contributed by atoms with Crippen LogP contribution in [0.3, 0.4) is 0 Å². The quantitative estimate of drug-likeness (QED) is 0.517. The number of rotatable bonds is 8. The van der Waals surface area contributed by atoms with Gasteiger partial charge in [0.25, 0.3) is 15.9 Å². The number of thiophene rings is 1. The number of nitrogens with one attached hydrogen (secondary N) is 2. The molecule has 0 saturated heterocycles. The van der Waals surface area contributed by atoms with E-state index in [9.17, 15) is 18.0 Å². The highest BCUT2D eigenvalue weighted by atomic mass is 32.2. The molecule has 2 N–H and O–H groups in total. The Morgan fingerprint density at radius 2 is 1.70 bits per heavy atom. The van der Waals surface area contributed by atoms with Crippen molar-refractivity contribution in [2.45, 2.75) is 17.2 Å². The van der Waals surface area contributed by atoms with Gasteiger partial charge >= 0.3 is 5.97 Å². The highest BCUT2D eigenvalue weighted by Crippen LogP contribution is 2.23. The van der Waals surface area contributed by atoms with Crippen LogP contribution in [0.15, 0.2) is 76.3 Å². The van der Waals surface area contributed by atoms with Crippen LogP contribution in [0, 0.1) is 0 Å². The van der Waals surface area contributed by atoms with E-state index in [-0.39, 0.29) is 21.5 Å². The molecule has 0 spiro atoms. The van der Waals surface area contributed by atoms with Gasteiger partial charge < -0.3 is 10.1 Å². The lowest BCUT2D eigenvalue weighted by Crippen LogP contribution is -2.31. The molecule has 0 saturated carbocycles. The predicted octanol–water partition coefficient (Wildman–Crippen LogP) is 3.58. The second-order valence-corrected chi connectivity index (χ2v) is 9.22. The summed E-state index contributed by atoms with van der Waals surface area (Å²) < 4.78 is 32.5. The number of esters is 1. The van der Waals surface area contributed by atoms with Crippen LogP contribution in [0.25, 0.3) is 0 Å². The van der Waals surface area contributed by atoms with Crippen molar-refractivity contribution in [2.75, 3.05) is 11.3 Å². The molecule has 3 aromatic rings. The van der Waals surface area contributed by atoms with E-state index in [2.05, 4.69) is 10.0 Å². The molecule has 0 aliphatic rings. The average molecular weight is 445 g/mol. The lowest BCUT2D eigenvalue weighted by atomic mass is 10.1. The Morgan fingerprint density at radius 1 is 1.00 bits per heavy atom. The summed E-state index contributed by atoms with van der Waals surface area (Å²) in [6, 6.07) is 18.3. The SMILES string of the molecule is CC(NC(=O)COC(=O)c1ccccc1NS(=O)(=O)c1cccs1)c1ccccc1. The standard InChI is InChI=1S/C21H20N2O5S2/c1-15(16-8-3-2-4-9-16)22-19(24)14-28-21(25)17-10-5-6-11-18(17)23-30(26,27)20-12-7-13-29-20/h2-13,15,23H,14H2,1H3,(H,22,24). The molecule has 1 atom stereocenters. The first-order valence-corrected chi connectivity index (χ1v) is 11.4. The molecule has 9 heteroatoms. The Balaban J connectivity index is 1.63. The first-order chi connectivity index (χ1) is 14.4. The van der Waals surface area contributed by atoms with Gasteiger partial charge in [-0.15, -0.1) is 11.3 Å². The minimum absolute atomic E-state index is 0.0153. The number of carbonyl (C=O) groups is 2. The van der Waals surface area contributed by atoms with Crippen molar-refractivity contribution in [3.05, 3.63) is 83.2 Å². The number of hydrogen-bond acceptors (Lipinski definition) is 6. The maximum absolute atomic E-state index is 12.5. The fraction of sp³-hybridized carbons (Fsp3) is 0.143. The lowest BCUT2D eigenvalue weighted by Gasteiger charge is -2.15. The molecular weight excluding hydrogens is 424 g/mol. The van der Waals surface area contributed by atoms with Crippen molar-refractivity contribution in [3.8, 4) is 0 Å². The zero-order valence-electron chi connectivity index (χ0n) is 16.1. The fourth-order valence-electron chi connectivity index (χ4n) is 2.68. The Kier molecular flexibility index (Phi) is 6.86. The second-order valence-electron chi connectivity index (χ2n) is 6.36. The van der Waals surface area contributed by atoms with Crippen LogP contribution < -0.4 is 10.0 Å². The van der Waals surface area contributed by atoms with Gasteiger partial charge in [-0.2, -0.15) is 0 Å². The summed E-state index contributed by atoms with van der Waals surface area (Å²) in [7, 11) is -3.82. The molecule has 3 rings (SSSR count). The minimum Gasteiger partial charge on any atom is -0.452 e. The number of benzene rings is 2. The highest BCUT2D eigenvalue weighted by Gasteiger charge is 2.21. The third-order valence-electron chi connectivity index (χ3n) is 4.16. The van der Waals surface area contributed by atoms with Crippen LogP contribution in [-0.4, -0.2) is 26.9 Å². The Hall–Kier alpha value is -3.17. The second kappa shape index (κ2) is 9.55. The van der Waals surface area contributed by atoms with Gasteiger partial charge in [-0.1, -0.05) is 48.5 Å². The molecule has 0 bridgehead atoms. The minimum atomic E-state index is -3.82. The van der Waals surface area contributed by atoms with Crippen LogP contribution in [0.2, 0.25) is 0 Å². The molecule has 2 aromatic carbocycles. The van der Waals surface area contributed by atoms with Crippen molar-refractivity contribution in [1.29, 1.82) is 0 Å². The van der Waals surface area contributed by atoms with Gasteiger partial charge in [0.15, 0.2) is 6.61 Å². The van der Waals surface area contributed by atoms with E-state index in [4.69, 9.17) is 4.74 Å². The molecule has 1 amide bonds. The molecular formula is C21H20N2O5S2. The van der Waals surface area contributed by atoms with Gasteiger partial charge in [-0.3, -0.25) is 9.52 Å². The predicted molar refractivity (Wildman–Crippen MR) is 115 cm³/mol. The van der Waals surface area contributed by atoms with Gasteiger partial charge in [0.1, 0.15) is 4.21 Å². The summed E-state index contributed by atoms with van der Waals surface area (Å²) >= 11 is 1.06. The number of anilines is 1. The summed E-state index contributed by atoms with van der Waals surface area (Å²) in [5, 5.41) is 4.39. The van der Waals surface area contributed by atoms with Crippen LogP contribution >= 0.6 is 11.3 Å². The Labute approximate surface area is 178 Å². The van der Waals surface area contributed by atoms with E-state index in [0.29, 0.717) is 0 Å². The van der Waals surface area contributed by atoms with E-state index in [0.717, 1.165) is 16.9 Å². The fourth-order valence-corrected chi connectivity index (χ4v) is 4.75. The van der Waals surface area contributed by atoms with E-state index >= 15 is 0 Å². The zero-order valence-corrected chi connectivity index (χ0v) is 17.7. The molecule has 0 aliphatic carbocycles. The van der Waals surface area contributed by atoms with Gasteiger partial charge in [0, 0.05) is 0 Å². The number of sulfonamides is 1. The summed E-state index contributed by atoms with van der Waals surface area (Å²) in [4.78, 5) is 24.6. The number of ether oxygens (including phenoxy) is 1. The average Bonchev–Trinajstić information content (AvgIpc) is 3.29. The monoisotopic (exact) mass is 444 g/mol. The van der Waals surface area contributed by atoms with E-state index in [1.807, 2.05) is 37.3 Å². The van der Waals surface area contributed by atoms with Crippen molar-refractivity contribution >= 4 is 38.9 Å². The summed E-state index contributed by atoms with van der Waals surface area (Å²) in [6.07, 6.45) is 0. The summed E-state index contributed by atoms with van der Waals surface area (Å²) in [6.45, 7) is 1.34. The normalized spacial score (nSPS) is 12.0. The van der Waals surface area contributed by atoms with Crippen LogP contribution in [0.5, 0.6) is 0 Å². The number of hydrogen-bond donors (Lipinski definition) is 2. The molecule has 1 heterocycles. The van der Waals surface area contributed by atoms with Gasteiger partial charge in [0.05, 0.1) is 17.3 Å². The third-order valence-corrected chi connectivity index (χ3v) is 6.93. The van der Waals surface area contributed by atoms with E-state index in [1.165, 1.54) is 18.2 Å². The Bertz CT molecular complexity index is 1110. The number of carbonyl (C=O) groups excluding carboxylic acids is 2. The summed E-state index contributed by atoms with van der Waals surface area (Å²) in [5.41, 5.74) is 1.01. The van der Waals surface area contributed by atoms with Crippen LogP contribution in [-0.2, 0) is 19.6 Å². The molecule has 0 radical (unpaired) electrons. The number of amides is 1. The highest BCUT2D eigenvalue weighted by molar-refractivity contribution is 7.94. The molecule has 1 unspecified atom stereocenters. The van der Waals surface area contributed by atoms with Crippen molar-refractivity contribution in [2.24, 2.45) is 0 Å². The van der Waals surface area contributed by atoms with Crippen LogP contribution in [0.4, 0.5) is 5.69 Å². The molecule has 0 fully saturated rings. The van der Waals surface area contributed by atoms with Crippen LogP contribution in [0.1, 0.15) is 28.9 Å². The lowest BCUT2D eigenvalue weighted by molar-refractivity contribution is -0.124. The first-order valence-electron chi connectivity index (χ1n) is 9.03. The number of para-hydroxylation sites is 1. The molecule has 1 aromatic heterocycles. The first kappa shape index (κ1) is 21.5. The Morgan fingerprint density at radius 3 is 2.40 bits per heavy atom. The van der Waals surface area contributed by atoms with Gasteiger partial charge in [-0.05, 0) is 36.1 Å². The van der Waals surface area contributed by atoms with Gasteiger partial charge in [0.2, 0.25) is 0 Å². The largest absolute Gasteiger partial charge is 0.452 e. The third kappa shape index (κ3) is 5.46. The van der Waals surface area contributed by atoms with E-state index in [1.54, 1.807) is 23.6 Å². The maximum atomic E-state index is 12.5. The molecule has 30 heavy (non-hydrogen) atoms. The topological polar surface area (TPSA) is 102 Å².